The van der Waals surface area contributed by atoms with E-state index in [0.717, 1.165) is 39.0 Å². The first-order valence-corrected chi connectivity index (χ1v) is 12.5. The van der Waals surface area contributed by atoms with Gasteiger partial charge in [0.15, 0.2) is 0 Å². The first-order chi connectivity index (χ1) is 16.4. The molecule has 182 valence electrons. The lowest BCUT2D eigenvalue weighted by atomic mass is 9.80. The molecule has 0 radical (unpaired) electrons. The molecule has 1 aliphatic carbocycles. The third kappa shape index (κ3) is 4.49. The number of amides is 3. The molecule has 8 nitrogen and oxygen atoms in total. The number of hydrogen-bond acceptors (Lipinski definition) is 5. The Kier molecular flexibility index (Phi) is 6.44. The number of morpholine rings is 1. The molecule has 1 aromatic carbocycles. The van der Waals surface area contributed by atoms with E-state index in [9.17, 15) is 14.4 Å². The molecule has 5 unspecified atom stereocenters. The van der Waals surface area contributed by atoms with Crippen LogP contribution in [-0.4, -0.2) is 72.0 Å². The molecule has 0 spiro atoms. The number of hydrogen-bond donors (Lipinski definition) is 1. The summed E-state index contributed by atoms with van der Waals surface area (Å²) in [6.07, 6.45) is 7.47. The van der Waals surface area contributed by atoms with Crippen LogP contribution in [-0.2, 0) is 14.3 Å². The van der Waals surface area contributed by atoms with Gasteiger partial charge >= 0.3 is 0 Å². The average molecular weight is 467 g/mol. The van der Waals surface area contributed by atoms with Gasteiger partial charge in [-0.1, -0.05) is 18.2 Å². The molecule has 0 bridgehead atoms. The SMILES string of the molecule is CC1CN(CC2CCCN2C(=O)c2cccc(N3NC(=O)C4CC=CCC4C3=O)c2)CC(C)O1. The van der Waals surface area contributed by atoms with Crippen molar-refractivity contribution in [3.8, 4) is 0 Å². The van der Waals surface area contributed by atoms with Gasteiger partial charge < -0.3 is 9.64 Å². The minimum atomic E-state index is -0.348. The molecule has 0 saturated carbocycles. The summed E-state index contributed by atoms with van der Waals surface area (Å²) < 4.78 is 5.86. The third-order valence-electron chi connectivity index (χ3n) is 7.48. The number of nitrogens with one attached hydrogen (secondary N) is 1. The number of allylic oxidation sites excluding steroid dienone is 2. The van der Waals surface area contributed by atoms with Gasteiger partial charge in [-0.15, -0.1) is 0 Å². The van der Waals surface area contributed by atoms with E-state index in [1.807, 2.05) is 17.1 Å². The molecule has 34 heavy (non-hydrogen) atoms. The molecule has 1 N–H and O–H groups in total. The molecule has 3 amide bonds. The van der Waals surface area contributed by atoms with Crippen molar-refractivity contribution in [2.75, 3.05) is 31.2 Å². The van der Waals surface area contributed by atoms with Gasteiger partial charge in [-0.2, -0.15) is 0 Å². The molecule has 3 saturated heterocycles. The number of ether oxygens (including phenoxy) is 1. The Bertz CT molecular complexity index is 985. The van der Waals surface area contributed by atoms with Crippen LogP contribution in [0.15, 0.2) is 36.4 Å². The first kappa shape index (κ1) is 23.1. The predicted molar refractivity (Wildman–Crippen MR) is 128 cm³/mol. The van der Waals surface area contributed by atoms with E-state index in [1.165, 1.54) is 5.01 Å². The first-order valence-electron chi connectivity index (χ1n) is 12.5. The zero-order chi connectivity index (χ0) is 23.8. The van der Waals surface area contributed by atoms with Crippen LogP contribution >= 0.6 is 0 Å². The van der Waals surface area contributed by atoms with Crippen LogP contribution in [0.2, 0.25) is 0 Å². The number of anilines is 1. The van der Waals surface area contributed by atoms with E-state index in [0.29, 0.717) is 24.1 Å². The van der Waals surface area contributed by atoms with Gasteiger partial charge in [0.1, 0.15) is 0 Å². The van der Waals surface area contributed by atoms with Gasteiger partial charge in [0.2, 0.25) is 11.8 Å². The quantitative estimate of drug-likeness (QED) is 0.689. The highest BCUT2D eigenvalue weighted by atomic mass is 16.5. The normalized spacial score (nSPS) is 32.0. The zero-order valence-corrected chi connectivity index (χ0v) is 20.0. The fourth-order valence-electron chi connectivity index (χ4n) is 5.95. The van der Waals surface area contributed by atoms with E-state index in [2.05, 4.69) is 24.2 Å². The van der Waals surface area contributed by atoms with Crippen LogP contribution in [0.1, 0.15) is 49.9 Å². The van der Waals surface area contributed by atoms with Crippen molar-refractivity contribution >= 4 is 23.4 Å². The molecule has 3 aliphatic heterocycles. The molecular formula is C26H34N4O4. The van der Waals surface area contributed by atoms with Gasteiger partial charge in [0.25, 0.3) is 5.91 Å². The van der Waals surface area contributed by atoms with Crippen molar-refractivity contribution in [1.29, 1.82) is 0 Å². The van der Waals surface area contributed by atoms with Crippen molar-refractivity contribution in [1.82, 2.24) is 15.2 Å². The van der Waals surface area contributed by atoms with Gasteiger partial charge in [0, 0.05) is 37.8 Å². The highest BCUT2D eigenvalue weighted by molar-refractivity contribution is 6.05. The maximum atomic E-state index is 13.5. The number of nitrogens with zero attached hydrogens (tertiary/aromatic N) is 3. The number of carbonyl (C=O) groups excluding carboxylic acids is 3. The number of hydrazine groups is 1. The highest BCUT2D eigenvalue weighted by Gasteiger charge is 2.42. The molecule has 5 atom stereocenters. The van der Waals surface area contributed by atoms with Crippen LogP contribution in [0.4, 0.5) is 5.69 Å². The second-order valence-corrected chi connectivity index (χ2v) is 10.1. The Morgan fingerprint density at radius 1 is 1.09 bits per heavy atom. The largest absolute Gasteiger partial charge is 0.373 e. The van der Waals surface area contributed by atoms with Gasteiger partial charge in [-0.05, 0) is 57.7 Å². The summed E-state index contributed by atoms with van der Waals surface area (Å²) >= 11 is 0. The molecule has 8 heteroatoms. The lowest BCUT2D eigenvalue weighted by molar-refractivity contribution is -0.139. The summed E-state index contributed by atoms with van der Waals surface area (Å²) in [6.45, 7) is 7.54. The average Bonchev–Trinajstić information content (AvgIpc) is 3.28. The molecule has 3 fully saturated rings. The topological polar surface area (TPSA) is 82.2 Å². The van der Waals surface area contributed by atoms with E-state index in [4.69, 9.17) is 4.74 Å². The molecular weight excluding hydrogens is 432 g/mol. The van der Waals surface area contributed by atoms with Crippen LogP contribution in [0.3, 0.4) is 0 Å². The summed E-state index contributed by atoms with van der Waals surface area (Å²) in [6, 6.07) is 7.24. The smallest absolute Gasteiger partial charge is 0.254 e. The van der Waals surface area contributed by atoms with Gasteiger partial charge in [0.05, 0.1) is 29.7 Å². The van der Waals surface area contributed by atoms with Crippen LogP contribution in [0.25, 0.3) is 0 Å². The zero-order valence-electron chi connectivity index (χ0n) is 20.0. The van der Waals surface area contributed by atoms with Crippen molar-refractivity contribution in [3.63, 3.8) is 0 Å². The number of carbonyl (C=O) groups is 3. The highest BCUT2D eigenvalue weighted by Crippen LogP contribution is 2.33. The summed E-state index contributed by atoms with van der Waals surface area (Å²) in [5, 5.41) is 1.33. The monoisotopic (exact) mass is 466 g/mol. The standard InChI is InChI=1S/C26H34N4O4/c1-17-14-28(15-18(2)34-17)16-21-9-6-12-29(21)25(32)19-7-5-8-20(13-19)30-26(33)23-11-4-3-10-22(23)24(31)27-30/h3-5,7-8,13,17-18,21-23H,6,9-12,14-16H2,1-2H3,(H,27,31). The summed E-state index contributed by atoms with van der Waals surface area (Å²) in [5.41, 5.74) is 3.83. The minimum absolute atomic E-state index is 0.0204. The van der Waals surface area contributed by atoms with Gasteiger partial charge in [-0.3, -0.25) is 24.7 Å². The Morgan fingerprint density at radius 2 is 1.82 bits per heavy atom. The maximum Gasteiger partial charge on any atom is 0.254 e. The van der Waals surface area contributed by atoms with Crippen molar-refractivity contribution in [2.24, 2.45) is 11.8 Å². The summed E-state index contributed by atoms with van der Waals surface area (Å²) in [4.78, 5) is 43.7. The second-order valence-electron chi connectivity index (χ2n) is 10.1. The van der Waals surface area contributed by atoms with Crippen LogP contribution in [0, 0.1) is 11.8 Å². The fraction of sp³-hybridized carbons (Fsp3) is 0.577. The minimum Gasteiger partial charge on any atom is -0.373 e. The van der Waals surface area contributed by atoms with E-state index >= 15 is 0 Å². The fourth-order valence-corrected chi connectivity index (χ4v) is 5.95. The lowest BCUT2D eigenvalue weighted by Crippen LogP contribution is -2.59. The molecule has 3 heterocycles. The van der Waals surface area contributed by atoms with Crippen LogP contribution in [0.5, 0.6) is 0 Å². The summed E-state index contributed by atoms with van der Waals surface area (Å²) in [5.74, 6) is -0.936. The van der Waals surface area contributed by atoms with Gasteiger partial charge in [-0.25, -0.2) is 5.01 Å². The number of fused-ring (bicyclic) bond motifs is 1. The Hall–Kier alpha value is -2.71. The van der Waals surface area contributed by atoms with Crippen molar-refractivity contribution in [2.45, 2.75) is 57.8 Å². The van der Waals surface area contributed by atoms with E-state index < -0.39 is 0 Å². The Morgan fingerprint density at radius 3 is 2.59 bits per heavy atom. The Balaban J connectivity index is 1.31. The van der Waals surface area contributed by atoms with E-state index in [1.54, 1.807) is 24.3 Å². The molecule has 5 rings (SSSR count). The molecule has 4 aliphatic rings. The number of likely N-dealkylation sites (tertiary alicyclic amines) is 1. The second kappa shape index (κ2) is 9.50. The summed E-state index contributed by atoms with van der Waals surface area (Å²) in [7, 11) is 0. The third-order valence-corrected chi connectivity index (χ3v) is 7.48. The molecule has 0 aromatic heterocycles. The lowest BCUT2D eigenvalue weighted by Gasteiger charge is -2.38. The predicted octanol–water partition coefficient (Wildman–Crippen LogP) is 2.36. The van der Waals surface area contributed by atoms with E-state index in [-0.39, 0.29) is 47.8 Å². The van der Waals surface area contributed by atoms with Crippen molar-refractivity contribution < 1.29 is 19.1 Å². The number of rotatable bonds is 4. The Labute approximate surface area is 200 Å². The van der Waals surface area contributed by atoms with Crippen molar-refractivity contribution in [3.05, 3.63) is 42.0 Å². The number of benzene rings is 1. The van der Waals surface area contributed by atoms with Crippen LogP contribution < -0.4 is 10.4 Å². The maximum absolute atomic E-state index is 13.5. The molecule has 1 aromatic rings.